The van der Waals surface area contributed by atoms with E-state index >= 15 is 0 Å². The molecule has 0 amide bonds. The maximum absolute atomic E-state index is 12.0. The standard InChI is InChI=1S/C4H3F9N2Si3/c1-14(16-2(5,6)7)15(17-3(8,9)10)18-4(11,12)13/h1H3. The van der Waals surface area contributed by atoms with Crippen LogP contribution in [0.2, 0.25) is 0 Å². The highest BCUT2D eigenvalue weighted by molar-refractivity contribution is 6.54. The number of hydrogen-bond acceptors (Lipinski definition) is 2. The highest BCUT2D eigenvalue weighted by Crippen LogP contribution is 2.21. The van der Waals surface area contributed by atoms with Crippen LogP contribution in [0, 0.1) is 0 Å². The number of alkyl halides is 9. The second-order valence-corrected chi connectivity index (χ2v) is 6.98. The van der Waals surface area contributed by atoms with Crippen LogP contribution >= 0.6 is 0 Å². The Balaban J connectivity index is 4.75. The van der Waals surface area contributed by atoms with Crippen molar-refractivity contribution in [2.75, 3.05) is 7.05 Å². The molecule has 0 spiro atoms. The van der Waals surface area contributed by atoms with Crippen molar-refractivity contribution < 1.29 is 39.5 Å². The summed E-state index contributed by atoms with van der Waals surface area (Å²) in [5, 5.41) is 0. The van der Waals surface area contributed by atoms with Crippen LogP contribution in [0.5, 0.6) is 0 Å². The van der Waals surface area contributed by atoms with Crippen molar-refractivity contribution in [2.45, 2.75) is 17.4 Å². The maximum atomic E-state index is 12.0. The zero-order valence-corrected chi connectivity index (χ0v) is 11.3. The summed E-state index contributed by atoms with van der Waals surface area (Å²) in [5.41, 5.74) is 0. The number of halogens is 9. The Morgan fingerprint density at radius 1 is 0.611 bits per heavy atom. The lowest BCUT2D eigenvalue weighted by molar-refractivity contribution is -0.0722. The van der Waals surface area contributed by atoms with Crippen LogP contribution < -0.4 is 0 Å². The molecular weight excluding hydrogens is 331 g/mol. The Hall–Kier alpha value is -0.0594. The van der Waals surface area contributed by atoms with Gasteiger partial charge < -0.3 is 0 Å². The zero-order chi connectivity index (χ0) is 14.8. The van der Waals surface area contributed by atoms with E-state index in [0.29, 0.717) is 7.05 Å². The van der Waals surface area contributed by atoms with E-state index in [0.717, 1.165) is 0 Å². The van der Waals surface area contributed by atoms with Gasteiger partial charge in [0.25, 0.3) is 19.4 Å². The molecule has 0 aromatic rings. The Bertz CT molecular complexity index is 244. The van der Waals surface area contributed by atoms with E-state index in [1.165, 1.54) is 0 Å². The Morgan fingerprint density at radius 2 is 0.889 bits per heavy atom. The molecule has 0 saturated heterocycles. The topological polar surface area (TPSA) is 6.48 Å². The van der Waals surface area contributed by atoms with Gasteiger partial charge in [0.2, 0.25) is 0 Å². The van der Waals surface area contributed by atoms with Gasteiger partial charge in [-0.1, -0.05) is 0 Å². The second-order valence-electron chi connectivity index (χ2n) is 2.66. The second kappa shape index (κ2) is 5.93. The van der Waals surface area contributed by atoms with Gasteiger partial charge in [0.15, 0.2) is 0 Å². The average Bonchev–Trinajstić information content (AvgIpc) is 1.93. The molecule has 18 heavy (non-hydrogen) atoms. The summed E-state index contributed by atoms with van der Waals surface area (Å²) in [6.45, 7) is 0. The molecule has 0 aromatic carbocycles. The fraction of sp³-hybridized carbons (Fsp3) is 1.00. The number of hydrogen-bond donors (Lipinski definition) is 0. The van der Waals surface area contributed by atoms with Crippen molar-refractivity contribution in [3.8, 4) is 0 Å². The third-order valence-electron chi connectivity index (χ3n) is 1.05. The molecule has 0 aliphatic heterocycles. The number of nitrogens with zero attached hydrogens (tertiary/aromatic N) is 2. The minimum absolute atomic E-state index is 0.0993. The molecular formula is C4H3F9N2Si3. The van der Waals surface area contributed by atoms with E-state index in [4.69, 9.17) is 0 Å². The monoisotopic (exact) mass is 334 g/mol. The predicted molar refractivity (Wildman–Crippen MR) is 45.0 cm³/mol. The smallest absolute Gasteiger partial charge is 0.276 e. The van der Waals surface area contributed by atoms with Crippen LogP contribution in [0.15, 0.2) is 0 Å². The summed E-state index contributed by atoms with van der Waals surface area (Å²) >= 11 is 0. The first-order valence-corrected chi connectivity index (χ1v) is 6.61. The van der Waals surface area contributed by atoms with Crippen LogP contribution in [-0.2, 0) is 0 Å². The highest BCUT2D eigenvalue weighted by atomic mass is 28.3. The quantitative estimate of drug-likeness (QED) is 0.437. The highest BCUT2D eigenvalue weighted by Gasteiger charge is 2.44. The molecule has 14 heteroatoms. The van der Waals surface area contributed by atoms with E-state index in [1.54, 1.807) is 0 Å². The zero-order valence-electron chi connectivity index (χ0n) is 8.30. The Labute approximate surface area is 103 Å². The molecule has 0 aliphatic carbocycles. The van der Waals surface area contributed by atoms with Crippen LogP contribution in [0.25, 0.3) is 0 Å². The van der Waals surface area contributed by atoms with E-state index in [-0.39, 0.29) is 9.01 Å². The van der Waals surface area contributed by atoms with Gasteiger partial charge in [-0.05, 0) is 7.05 Å². The SMILES string of the molecule is CN([Si]C(F)(F)F)N([Si]C(F)(F)F)[Si]C(F)(F)F. The van der Waals surface area contributed by atoms with Gasteiger partial charge in [0.1, 0.15) is 0 Å². The van der Waals surface area contributed by atoms with E-state index in [1.807, 2.05) is 0 Å². The molecule has 0 aliphatic rings. The van der Waals surface area contributed by atoms with Crippen LogP contribution in [0.4, 0.5) is 39.5 Å². The lowest BCUT2D eigenvalue weighted by Crippen LogP contribution is -2.57. The predicted octanol–water partition coefficient (Wildman–Crippen LogP) is 1.55. The third kappa shape index (κ3) is 9.92. The van der Waals surface area contributed by atoms with Crippen molar-refractivity contribution in [2.24, 2.45) is 0 Å². The fourth-order valence-electron chi connectivity index (χ4n) is 0.652. The molecule has 2 nitrogen and oxygen atoms in total. The third-order valence-corrected chi connectivity index (χ3v) is 4.43. The van der Waals surface area contributed by atoms with Crippen LogP contribution in [0.1, 0.15) is 0 Å². The molecule has 0 saturated carbocycles. The first-order chi connectivity index (χ1) is 7.70. The number of rotatable bonds is 4. The normalized spacial score (nSPS) is 14.7. The van der Waals surface area contributed by atoms with Crippen molar-refractivity contribution in [1.29, 1.82) is 0 Å². The van der Waals surface area contributed by atoms with Gasteiger partial charge in [-0.2, -0.15) is 39.5 Å². The van der Waals surface area contributed by atoms with Gasteiger partial charge in [-0.15, -0.1) is 0 Å². The molecule has 6 radical (unpaired) electrons. The minimum Gasteiger partial charge on any atom is -0.276 e. The molecule has 104 valence electrons. The first-order valence-electron chi connectivity index (χ1n) is 3.77. The van der Waals surface area contributed by atoms with Crippen LogP contribution in [-0.4, -0.2) is 62.5 Å². The molecule has 0 aromatic heterocycles. The summed E-state index contributed by atoms with van der Waals surface area (Å²) in [5.74, 6) is -14.9. The summed E-state index contributed by atoms with van der Waals surface area (Å²) in [6, 6.07) is 0. The molecule has 0 heterocycles. The lowest BCUT2D eigenvalue weighted by atomic mass is 11.5. The van der Waals surface area contributed by atoms with Crippen LogP contribution in [0.3, 0.4) is 0 Å². The van der Waals surface area contributed by atoms with Gasteiger partial charge in [0, 0.05) is 0 Å². The first kappa shape index (κ1) is 17.9. The van der Waals surface area contributed by atoms with E-state index in [2.05, 4.69) is 0 Å². The molecule has 0 N–H and O–H groups in total. The maximum Gasteiger partial charge on any atom is 0.376 e. The molecule has 0 atom stereocenters. The summed E-state index contributed by atoms with van der Waals surface area (Å²) < 4.78 is 107. The van der Waals surface area contributed by atoms with Gasteiger partial charge in [-0.25, -0.2) is 0 Å². The molecule has 0 rings (SSSR count). The Morgan fingerprint density at radius 3 is 1.11 bits per heavy atom. The van der Waals surface area contributed by atoms with E-state index in [9.17, 15) is 39.5 Å². The van der Waals surface area contributed by atoms with Crippen molar-refractivity contribution >= 4 is 29.0 Å². The summed E-state index contributed by atoms with van der Waals surface area (Å²) in [4.78, 5) is 0. The molecule has 0 bridgehead atoms. The Kier molecular flexibility index (Phi) is 5.91. The number of hydrazine groups is 1. The summed E-state index contributed by atoms with van der Waals surface area (Å²) in [7, 11) is -6.37. The molecule has 0 fully saturated rings. The van der Waals surface area contributed by atoms with E-state index < -0.39 is 46.4 Å². The van der Waals surface area contributed by atoms with Gasteiger partial charge in [-0.3, -0.25) is 9.01 Å². The van der Waals surface area contributed by atoms with Crippen molar-refractivity contribution in [3.05, 3.63) is 0 Å². The average molecular weight is 334 g/mol. The van der Waals surface area contributed by atoms with Gasteiger partial charge in [0.05, 0.1) is 0 Å². The van der Waals surface area contributed by atoms with Crippen molar-refractivity contribution in [3.63, 3.8) is 0 Å². The summed E-state index contributed by atoms with van der Waals surface area (Å²) in [6.07, 6.45) is 0. The van der Waals surface area contributed by atoms with Gasteiger partial charge >= 0.3 is 27.1 Å². The largest absolute Gasteiger partial charge is 0.376 e. The fourth-order valence-corrected chi connectivity index (χ4v) is 3.48. The lowest BCUT2D eigenvalue weighted by Gasteiger charge is -2.31. The molecule has 0 unspecified atom stereocenters. The minimum atomic E-state index is -5.00. The van der Waals surface area contributed by atoms with Crippen molar-refractivity contribution in [1.82, 2.24) is 9.01 Å².